The van der Waals surface area contributed by atoms with Crippen LogP contribution >= 0.6 is 0 Å². The van der Waals surface area contributed by atoms with Crippen molar-refractivity contribution in [1.29, 1.82) is 0 Å². The van der Waals surface area contributed by atoms with Crippen molar-refractivity contribution in [2.75, 3.05) is 24.7 Å². The second kappa shape index (κ2) is 9.05. The standard InChI is InChI=1S/C26H24N2O2/c27-23-9-5-21(6-10-23)19-1-3-20(4-2-19)22-7-13-25(14-8-22)29-17-18-30-26-15-11-24(28)12-16-26/h1-16H,17-18,27-28H2. The highest BCUT2D eigenvalue weighted by Gasteiger charge is 2.02. The second-order valence-corrected chi connectivity index (χ2v) is 6.99. The van der Waals surface area contributed by atoms with E-state index < -0.39 is 0 Å². The Labute approximate surface area is 176 Å². The molecule has 4 aromatic carbocycles. The SMILES string of the molecule is Nc1ccc(OCCOc2ccc(-c3ccc(-c4ccc(N)cc4)cc3)cc2)cc1. The molecule has 0 radical (unpaired) electrons. The van der Waals surface area contributed by atoms with Gasteiger partial charge in [0.1, 0.15) is 24.7 Å². The van der Waals surface area contributed by atoms with E-state index in [0.29, 0.717) is 13.2 Å². The van der Waals surface area contributed by atoms with Crippen LogP contribution in [0.2, 0.25) is 0 Å². The summed E-state index contributed by atoms with van der Waals surface area (Å²) in [5.74, 6) is 1.60. The molecule has 0 spiro atoms. The number of hydrogen-bond acceptors (Lipinski definition) is 4. The molecule has 0 aliphatic carbocycles. The van der Waals surface area contributed by atoms with Gasteiger partial charge in [-0.1, -0.05) is 48.5 Å². The van der Waals surface area contributed by atoms with Gasteiger partial charge in [0.05, 0.1) is 0 Å². The summed E-state index contributed by atoms with van der Waals surface area (Å²) in [6, 6.07) is 31.8. The molecular weight excluding hydrogens is 372 g/mol. The number of rotatable bonds is 7. The Kier molecular flexibility index (Phi) is 5.85. The third-order valence-electron chi connectivity index (χ3n) is 4.82. The second-order valence-electron chi connectivity index (χ2n) is 6.99. The largest absolute Gasteiger partial charge is 0.490 e. The van der Waals surface area contributed by atoms with E-state index in [9.17, 15) is 0 Å². The predicted molar refractivity (Wildman–Crippen MR) is 124 cm³/mol. The third-order valence-corrected chi connectivity index (χ3v) is 4.82. The van der Waals surface area contributed by atoms with Crippen molar-refractivity contribution in [3.05, 3.63) is 97.1 Å². The molecule has 0 aliphatic rings. The quantitative estimate of drug-likeness (QED) is 0.313. The molecule has 0 heterocycles. The van der Waals surface area contributed by atoms with Crippen molar-refractivity contribution in [3.63, 3.8) is 0 Å². The molecular formula is C26H24N2O2. The zero-order valence-corrected chi connectivity index (χ0v) is 16.6. The third kappa shape index (κ3) is 4.92. The van der Waals surface area contributed by atoms with Gasteiger partial charge in [0.2, 0.25) is 0 Å². The van der Waals surface area contributed by atoms with Gasteiger partial charge in [-0.2, -0.15) is 0 Å². The number of hydrogen-bond donors (Lipinski definition) is 2. The Morgan fingerprint density at radius 2 is 0.667 bits per heavy atom. The highest BCUT2D eigenvalue weighted by Crippen LogP contribution is 2.26. The molecule has 0 bridgehead atoms. The van der Waals surface area contributed by atoms with Crippen LogP contribution < -0.4 is 20.9 Å². The maximum atomic E-state index is 5.77. The smallest absolute Gasteiger partial charge is 0.122 e. The first-order chi connectivity index (χ1) is 14.7. The summed E-state index contributed by atoms with van der Waals surface area (Å²) >= 11 is 0. The Bertz CT molecular complexity index is 1070. The lowest BCUT2D eigenvalue weighted by Gasteiger charge is -2.10. The number of anilines is 2. The van der Waals surface area contributed by atoms with Gasteiger partial charge in [0, 0.05) is 11.4 Å². The van der Waals surface area contributed by atoms with Gasteiger partial charge in [0.15, 0.2) is 0 Å². The maximum absolute atomic E-state index is 5.77. The highest BCUT2D eigenvalue weighted by molar-refractivity contribution is 5.71. The maximum Gasteiger partial charge on any atom is 0.122 e. The van der Waals surface area contributed by atoms with Crippen LogP contribution in [0.15, 0.2) is 97.1 Å². The minimum absolute atomic E-state index is 0.471. The Morgan fingerprint density at radius 3 is 1.07 bits per heavy atom. The lowest BCUT2D eigenvalue weighted by atomic mass is 10.0. The van der Waals surface area contributed by atoms with E-state index in [1.807, 2.05) is 60.7 Å². The normalized spacial score (nSPS) is 10.5. The van der Waals surface area contributed by atoms with Gasteiger partial charge in [0.25, 0.3) is 0 Å². The first-order valence-electron chi connectivity index (χ1n) is 9.85. The average molecular weight is 396 g/mol. The molecule has 30 heavy (non-hydrogen) atoms. The molecule has 0 unspecified atom stereocenters. The van der Waals surface area contributed by atoms with Crippen molar-refractivity contribution in [2.24, 2.45) is 0 Å². The van der Waals surface area contributed by atoms with E-state index >= 15 is 0 Å². The Morgan fingerprint density at radius 1 is 0.400 bits per heavy atom. The number of nitrogen functional groups attached to an aromatic ring is 2. The van der Waals surface area contributed by atoms with Crippen LogP contribution in [-0.4, -0.2) is 13.2 Å². The summed E-state index contributed by atoms with van der Waals surface area (Å²) in [6.45, 7) is 0.943. The van der Waals surface area contributed by atoms with Crippen LogP contribution in [-0.2, 0) is 0 Å². The zero-order chi connectivity index (χ0) is 20.8. The summed E-state index contributed by atoms with van der Waals surface area (Å²) in [5.41, 5.74) is 17.5. The van der Waals surface area contributed by atoms with Gasteiger partial charge < -0.3 is 20.9 Å². The fourth-order valence-electron chi connectivity index (χ4n) is 3.16. The van der Waals surface area contributed by atoms with E-state index in [-0.39, 0.29) is 0 Å². The molecule has 4 heteroatoms. The number of nitrogens with two attached hydrogens (primary N) is 2. The summed E-state index contributed by atoms with van der Waals surface area (Å²) < 4.78 is 11.4. The van der Waals surface area contributed by atoms with E-state index in [2.05, 4.69) is 36.4 Å². The summed E-state index contributed by atoms with van der Waals surface area (Å²) in [4.78, 5) is 0. The van der Waals surface area contributed by atoms with E-state index in [0.717, 1.165) is 39.6 Å². The molecule has 4 nitrogen and oxygen atoms in total. The first-order valence-corrected chi connectivity index (χ1v) is 9.85. The van der Waals surface area contributed by atoms with Crippen molar-refractivity contribution in [2.45, 2.75) is 0 Å². The van der Waals surface area contributed by atoms with Gasteiger partial charge in [-0.15, -0.1) is 0 Å². The summed E-state index contributed by atoms with van der Waals surface area (Å²) in [7, 11) is 0. The lowest BCUT2D eigenvalue weighted by molar-refractivity contribution is 0.217. The molecule has 4 rings (SSSR count). The van der Waals surface area contributed by atoms with Crippen LogP contribution in [0.5, 0.6) is 11.5 Å². The molecule has 0 saturated heterocycles. The van der Waals surface area contributed by atoms with E-state index in [1.165, 1.54) is 5.56 Å². The zero-order valence-electron chi connectivity index (χ0n) is 16.6. The molecule has 0 amide bonds. The summed E-state index contributed by atoms with van der Waals surface area (Å²) in [5, 5.41) is 0. The monoisotopic (exact) mass is 396 g/mol. The number of benzene rings is 4. The van der Waals surface area contributed by atoms with Gasteiger partial charge in [-0.3, -0.25) is 0 Å². The van der Waals surface area contributed by atoms with Crippen molar-refractivity contribution in [1.82, 2.24) is 0 Å². The van der Waals surface area contributed by atoms with Gasteiger partial charge in [-0.25, -0.2) is 0 Å². The van der Waals surface area contributed by atoms with Crippen molar-refractivity contribution >= 4 is 11.4 Å². The van der Waals surface area contributed by atoms with Gasteiger partial charge >= 0.3 is 0 Å². The van der Waals surface area contributed by atoms with Crippen LogP contribution in [0.1, 0.15) is 0 Å². The molecule has 0 saturated carbocycles. The Balaban J connectivity index is 1.31. The van der Waals surface area contributed by atoms with E-state index in [1.54, 1.807) is 0 Å². The van der Waals surface area contributed by atoms with Crippen LogP contribution in [0.25, 0.3) is 22.3 Å². The van der Waals surface area contributed by atoms with E-state index in [4.69, 9.17) is 20.9 Å². The predicted octanol–water partition coefficient (Wildman–Crippen LogP) is 5.64. The average Bonchev–Trinajstić information content (AvgIpc) is 2.79. The van der Waals surface area contributed by atoms with Crippen LogP contribution in [0.4, 0.5) is 11.4 Å². The fraction of sp³-hybridized carbons (Fsp3) is 0.0769. The van der Waals surface area contributed by atoms with Gasteiger partial charge in [-0.05, 0) is 70.8 Å². The fourth-order valence-corrected chi connectivity index (χ4v) is 3.16. The molecule has 0 aliphatic heterocycles. The highest BCUT2D eigenvalue weighted by atomic mass is 16.5. The minimum atomic E-state index is 0.471. The molecule has 4 N–H and O–H groups in total. The molecule has 0 fully saturated rings. The Hall–Kier alpha value is -3.92. The molecule has 150 valence electrons. The minimum Gasteiger partial charge on any atom is -0.490 e. The van der Waals surface area contributed by atoms with Crippen LogP contribution in [0, 0.1) is 0 Å². The number of ether oxygens (including phenoxy) is 2. The lowest BCUT2D eigenvalue weighted by Crippen LogP contribution is -2.08. The molecule has 0 atom stereocenters. The van der Waals surface area contributed by atoms with Crippen molar-refractivity contribution in [3.8, 4) is 33.8 Å². The topological polar surface area (TPSA) is 70.5 Å². The first kappa shape index (κ1) is 19.4. The molecule has 0 aromatic heterocycles. The summed E-state index contributed by atoms with van der Waals surface area (Å²) in [6.07, 6.45) is 0. The van der Waals surface area contributed by atoms with Crippen molar-refractivity contribution < 1.29 is 9.47 Å². The molecule has 4 aromatic rings. The van der Waals surface area contributed by atoms with Crippen LogP contribution in [0.3, 0.4) is 0 Å².